The normalized spacial score (nSPS) is 33.6. The van der Waals surface area contributed by atoms with E-state index in [2.05, 4.69) is 0 Å². The zero-order chi connectivity index (χ0) is 15.5. The Bertz CT molecular complexity index is 389. The molecule has 3 aliphatic rings. The summed E-state index contributed by atoms with van der Waals surface area (Å²) in [5, 5.41) is 0. The third-order valence-corrected chi connectivity index (χ3v) is 5.83. The van der Waals surface area contributed by atoms with Gasteiger partial charge >= 0.3 is 5.97 Å². The van der Waals surface area contributed by atoms with Crippen LogP contribution in [0.2, 0.25) is 0 Å². The molecule has 1 aliphatic heterocycles. The van der Waals surface area contributed by atoms with E-state index in [1.807, 2.05) is 6.92 Å². The van der Waals surface area contributed by atoms with Crippen LogP contribution in [0.15, 0.2) is 0 Å². The first kappa shape index (κ1) is 16.3. The zero-order valence-corrected chi connectivity index (χ0v) is 13.9. The first-order valence-corrected chi connectivity index (χ1v) is 9.09. The SMILES string of the molecule is CCOC(=O)CCC[C@H]1CC[C@]2(CCCC3(C2)OCCO3)C1. The van der Waals surface area contributed by atoms with Gasteiger partial charge in [-0.3, -0.25) is 4.79 Å². The van der Waals surface area contributed by atoms with Gasteiger partial charge in [0.2, 0.25) is 0 Å². The lowest BCUT2D eigenvalue weighted by Crippen LogP contribution is -2.41. The van der Waals surface area contributed by atoms with Crippen molar-refractivity contribution >= 4 is 5.97 Å². The topological polar surface area (TPSA) is 44.8 Å². The average molecular weight is 310 g/mol. The molecule has 0 N–H and O–H groups in total. The lowest BCUT2D eigenvalue weighted by Gasteiger charge is -2.43. The maximum Gasteiger partial charge on any atom is 0.305 e. The number of ether oxygens (including phenoxy) is 3. The molecular weight excluding hydrogens is 280 g/mol. The molecule has 126 valence electrons. The molecule has 22 heavy (non-hydrogen) atoms. The molecule has 0 aromatic rings. The summed E-state index contributed by atoms with van der Waals surface area (Å²) < 4.78 is 16.9. The summed E-state index contributed by atoms with van der Waals surface area (Å²) in [6, 6.07) is 0. The highest BCUT2D eigenvalue weighted by molar-refractivity contribution is 5.69. The van der Waals surface area contributed by atoms with Crippen LogP contribution in [0.25, 0.3) is 0 Å². The summed E-state index contributed by atoms with van der Waals surface area (Å²) in [5.41, 5.74) is 0.442. The van der Waals surface area contributed by atoms with Gasteiger partial charge in [-0.15, -0.1) is 0 Å². The van der Waals surface area contributed by atoms with E-state index < -0.39 is 0 Å². The van der Waals surface area contributed by atoms with Gasteiger partial charge in [-0.1, -0.05) is 0 Å². The van der Waals surface area contributed by atoms with Crippen LogP contribution in [0.3, 0.4) is 0 Å². The van der Waals surface area contributed by atoms with E-state index in [0.29, 0.717) is 18.4 Å². The van der Waals surface area contributed by atoms with Crippen molar-refractivity contribution in [2.24, 2.45) is 11.3 Å². The van der Waals surface area contributed by atoms with E-state index in [1.54, 1.807) is 0 Å². The molecule has 4 heteroatoms. The highest BCUT2D eigenvalue weighted by Gasteiger charge is 2.50. The molecule has 0 radical (unpaired) electrons. The minimum absolute atomic E-state index is 0.0421. The number of esters is 1. The van der Waals surface area contributed by atoms with Gasteiger partial charge in [0.15, 0.2) is 5.79 Å². The standard InChI is InChI=1S/C18H30O4/c1-2-20-16(19)6-3-5-15-7-10-17(13-15)8-4-9-18(14-17)21-11-12-22-18/h15H,2-14H2,1H3/t15-,17+/m0/s1. The van der Waals surface area contributed by atoms with Gasteiger partial charge in [-0.2, -0.15) is 0 Å². The van der Waals surface area contributed by atoms with Gasteiger partial charge in [0.1, 0.15) is 0 Å². The molecule has 0 unspecified atom stereocenters. The second kappa shape index (κ2) is 6.88. The van der Waals surface area contributed by atoms with Crippen LogP contribution in [0.5, 0.6) is 0 Å². The van der Waals surface area contributed by atoms with Crippen molar-refractivity contribution in [1.29, 1.82) is 0 Å². The van der Waals surface area contributed by atoms with E-state index in [4.69, 9.17) is 14.2 Å². The van der Waals surface area contributed by atoms with Crippen LogP contribution in [-0.4, -0.2) is 31.6 Å². The number of hydrogen-bond donors (Lipinski definition) is 0. The third kappa shape index (κ3) is 3.65. The Hall–Kier alpha value is -0.610. The Morgan fingerprint density at radius 2 is 2.05 bits per heavy atom. The van der Waals surface area contributed by atoms with Crippen LogP contribution in [-0.2, 0) is 19.0 Å². The molecule has 2 spiro atoms. The van der Waals surface area contributed by atoms with Crippen molar-refractivity contribution in [3.63, 3.8) is 0 Å². The van der Waals surface area contributed by atoms with E-state index in [1.165, 1.54) is 32.1 Å². The molecule has 2 aliphatic carbocycles. The highest BCUT2D eigenvalue weighted by atomic mass is 16.7. The van der Waals surface area contributed by atoms with Crippen molar-refractivity contribution in [3.8, 4) is 0 Å². The zero-order valence-electron chi connectivity index (χ0n) is 13.9. The second-order valence-electron chi connectivity index (χ2n) is 7.44. The number of carbonyl (C=O) groups excluding carboxylic acids is 1. The van der Waals surface area contributed by atoms with Crippen LogP contribution in [0.1, 0.15) is 71.1 Å². The first-order valence-electron chi connectivity index (χ1n) is 9.09. The Morgan fingerprint density at radius 1 is 1.23 bits per heavy atom. The van der Waals surface area contributed by atoms with Crippen LogP contribution < -0.4 is 0 Å². The summed E-state index contributed by atoms with van der Waals surface area (Å²) in [6.45, 7) is 3.89. The number of rotatable bonds is 5. The van der Waals surface area contributed by atoms with Crippen molar-refractivity contribution in [3.05, 3.63) is 0 Å². The molecule has 1 saturated heterocycles. The summed E-state index contributed by atoms with van der Waals surface area (Å²) in [6.07, 6.45) is 11.3. The number of carbonyl (C=O) groups is 1. The molecular formula is C18H30O4. The van der Waals surface area contributed by atoms with Gasteiger partial charge in [-0.05, 0) is 63.2 Å². The van der Waals surface area contributed by atoms with Crippen LogP contribution in [0.4, 0.5) is 0 Å². The van der Waals surface area contributed by atoms with Crippen LogP contribution >= 0.6 is 0 Å². The summed E-state index contributed by atoms with van der Waals surface area (Å²) in [7, 11) is 0. The molecule has 0 amide bonds. The van der Waals surface area contributed by atoms with E-state index in [-0.39, 0.29) is 11.8 Å². The lowest BCUT2D eigenvalue weighted by molar-refractivity contribution is -0.201. The fourth-order valence-electron chi connectivity index (χ4n) is 4.95. The van der Waals surface area contributed by atoms with E-state index in [0.717, 1.165) is 44.8 Å². The molecule has 2 atom stereocenters. The maximum atomic E-state index is 11.4. The quantitative estimate of drug-likeness (QED) is 0.724. The average Bonchev–Trinajstić information content (AvgIpc) is 3.08. The minimum Gasteiger partial charge on any atom is -0.466 e. The Morgan fingerprint density at radius 3 is 2.82 bits per heavy atom. The molecule has 0 aromatic carbocycles. The van der Waals surface area contributed by atoms with Gasteiger partial charge < -0.3 is 14.2 Å². The molecule has 4 nitrogen and oxygen atoms in total. The summed E-state index contributed by atoms with van der Waals surface area (Å²) >= 11 is 0. The van der Waals surface area contributed by atoms with Crippen molar-refractivity contribution in [2.75, 3.05) is 19.8 Å². The molecule has 0 aromatic heterocycles. The lowest BCUT2D eigenvalue weighted by atomic mass is 9.69. The second-order valence-corrected chi connectivity index (χ2v) is 7.44. The van der Waals surface area contributed by atoms with Crippen LogP contribution in [0, 0.1) is 11.3 Å². The molecule has 3 rings (SSSR count). The van der Waals surface area contributed by atoms with Gasteiger partial charge in [-0.25, -0.2) is 0 Å². The van der Waals surface area contributed by atoms with Crippen molar-refractivity contribution in [1.82, 2.24) is 0 Å². The molecule has 0 bridgehead atoms. The molecule has 2 saturated carbocycles. The van der Waals surface area contributed by atoms with Gasteiger partial charge in [0.05, 0.1) is 19.8 Å². The van der Waals surface area contributed by atoms with E-state index in [9.17, 15) is 4.79 Å². The Labute approximate surface area is 133 Å². The largest absolute Gasteiger partial charge is 0.466 e. The Balaban J connectivity index is 1.46. The highest BCUT2D eigenvalue weighted by Crippen LogP contribution is 2.56. The first-order chi connectivity index (χ1) is 10.7. The fourth-order valence-corrected chi connectivity index (χ4v) is 4.95. The number of hydrogen-bond acceptors (Lipinski definition) is 4. The predicted molar refractivity (Wildman–Crippen MR) is 83.4 cm³/mol. The summed E-state index contributed by atoms with van der Waals surface area (Å²) in [5.74, 6) is 0.475. The molecule has 3 fully saturated rings. The maximum absolute atomic E-state index is 11.4. The molecule has 1 heterocycles. The van der Waals surface area contributed by atoms with E-state index >= 15 is 0 Å². The monoisotopic (exact) mass is 310 g/mol. The summed E-state index contributed by atoms with van der Waals surface area (Å²) in [4.78, 5) is 11.4. The van der Waals surface area contributed by atoms with Crippen molar-refractivity contribution in [2.45, 2.75) is 76.9 Å². The predicted octanol–water partition coefficient (Wildman–Crippen LogP) is 3.82. The van der Waals surface area contributed by atoms with Gasteiger partial charge in [0, 0.05) is 19.3 Å². The van der Waals surface area contributed by atoms with Crippen molar-refractivity contribution < 1.29 is 19.0 Å². The fraction of sp³-hybridized carbons (Fsp3) is 0.944. The smallest absolute Gasteiger partial charge is 0.305 e. The minimum atomic E-state index is -0.252. The van der Waals surface area contributed by atoms with Gasteiger partial charge in [0.25, 0.3) is 0 Å². The Kier molecular flexibility index (Phi) is 5.08. The third-order valence-electron chi connectivity index (χ3n) is 5.83.